The van der Waals surface area contributed by atoms with Crippen LogP contribution in [0.25, 0.3) is 0 Å². The summed E-state index contributed by atoms with van der Waals surface area (Å²) in [6.45, 7) is 7.54. The number of hydrogen-bond donors (Lipinski definition) is 4. The number of nitrogens with one attached hydrogen (secondary N) is 4. The van der Waals surface area contributed by atoms with Crippen LogP contribution in [0, 0.1) is 0 Å². The predicted octanol–water partition coefficient (Wildman–Crippen LogP) is 4.08. The highest BCUT2D eigenvalue weighted by molar-refractivity contribution is 5.89. The minimum Gasteiger partial charge on any atom is -0.497 e. The second-order valence-corrected chi connectivity index (χ2v) is 7.77. The van der Waals surface area contributed by atoms with Gasteiger partial charge in [-0.05, 0) is 61.6 Å². The van der Waals surface area contributed by atoms with Crippen molar-refractivity contribution in [2.75, 3.05) is 26.0 Å². The first kappa shape index (κ1) is 24.1. The number of anilines is 1. The van der Waals surface area contributed by atoms with Crippen molar-refractivity contribution in [1.29, 1.82) is 0 Å². The molecular formula is C24H35N5O2. The monoisotopic (exact) mass is 425 g/mol. The van der Waals surface area contributed by atoms with Crippen molar-refractivity contribution in [2.24, 2.45) is 4.99 Å². The van der Waals surface area contributed by atoms with Crippen molar-refractivity contribution < 1.29 is 9.53 Å². The molecule has 0 saturated carbocycles. The maximum absolute atomic E-state index is 11.8. The lowest BCUT2D eigenvalue weighted by Gasteiger charge is -2.16. The Balaban J connectivity index is 1.74. The fourth-order valence-electron chi connectivity index (χ4n) is 3.05. The third-order valence-electron chi connectivity index (χ3n) is 4.87. The van der Waals surface area contributed by atoms with Crippen LogP contribution in [-0.2, 0) is 6.54 Å². The van der Waals surface area contributed by atoms with Gasteiger partial charge in [0.1, 0.15) is 5.75 Å². The van der Waals surface area contributed by atoms with Crippen LogP contribution in [-0.4, -0.2) is 38.7 Å². The molecular weight excluding hydrogens is 390 g/mol. The van der Waals surface area contributed by atoms with E-state index in [2.05, 4.69) is 45.3 Å². The average Bonchev–Trinajstić information content (AvgIpc) is 2.76. The highest BCUT2D eigenvalue weighted by Gasteiger charge is 2.07. The van der Waals surface area contributed by atoms with E-state index < -0.39 is 0 Å². The molecule has 0 aliphatic carbocycles. The van der Waals surface area contributed by atoms with Gasteiger partial charge in [0.05, 0.1) is 7.11 Å². The first-order valence-corrected chi connectivity index (χ1v) is 10.7. The number of urea groups is 1. The van der Waals surface area contributed by atoms with Crippen molar-refractivity contribution >= 4 is 17.7 Å². The number of aliphatic imine (C=N–C) groups is 1. The molecule has 0 aromatic heterocycles. The number of ether oxygens (including phenoxy) is 1. The summed E-state index contributed by atoms with van der Waals surface area (Å²) >= 11 is 0. The van der Waals surface area contributed by atoms with Crippen molar-refractivity contribution in [3.8, 4) is 5.75 Å². The minimum atomic E-state index is -0.200. The van der Waals surface area contributed by atoms with Gasteiger partial charge in [-0.1, -0.05) is 31.2 Å². The van der Waals surface area contributed by atoms with Gasteiger partial charge in [-0.3, -0.25) is 4.99 Å². The number of benzene rings is 2. The molecule has 2 aromatic rings. The number of carbonyl (C=O) groups excluding carboxylic acids is 1. The number of guanidine groups is 1. The van der Waals surface area contributed by atoms with Crippen LogP contribution in [0.2, 0.25) is 0 Å². The van der Waals surface area contributed by atoms with Crippen LogP contribution in [0.4, 0.5) is 10.5 Å². The lowest BCUT2D eigenvalue weighted by molar-refractivity contribution is 0.250. The van der Waals surface area contributed by atoms with E-state index in [4.69, 9.17) is 4.74 Å². The molecule has 1 unspecified atom stereocenters. The lowest BCUT2D eigenvalue weighted by atomic mass is 9.98. The Morgan fingerprint density at radius 3 is 2.26 bits per heavy atom. The van der Waals surface area contributed by atoms with E-state index in [-0.39, 0.29) is 12.1 Å². The molecule has 1 atom stereocenters. The van der Waals surface area contributed by atoms with Gasteiger partial charge < -0.3 is 26.0 Å². The average molecular weight is 426 g/mol. The van der Waals surface area contributed by atoms with E-state index in [0.717, 1.165) is 35.9 Å². The topological polar surface area (TPSA) is 86.8 Å². The van der Waals surface area contributed by atoms with Crippen molar-refractivity contribution in [2.45, 2.75) is 45.7 Å². The summed E-state index contributed by atoms with van der Waals surface area (Å²) in [5.74, 6) is 2.08. The van der Waals surface area contributed by atoms with Crippen LogP contribution in [0.1, 0.15) is 44.2 Å². The molecule has 0 fully saturated rings. The van der Waals surface area contributed by atoms with E-state index in [1.165, 1.54) is 5.56 Å². The number of hydrogen-bond acceptors (Lipinski definition) is 3. The second kappa shape index (κ2) is 12.5. The van der Waals surface area contributed by atoms with Gasteiger partial charge in [0, 0.05) is 31.9 Å². The van der Waals surface area contributed by atoms with Crippen LogP contribution >= 0.6 is 0 Å². The Labute approximate surface area is 185 Å². The van der Waals surface area contributed by atoms with Crippen LogP contribution in [0.3, 0.4) is 0 Å². The highest BCUT2D eigenvalue weighted by Crippen LogP contribution is 2.21. The van der Waals surface area contributed by atoms with Crippen LogP contribution in [0.5, 0.6) is 5.75 Å². The Morgan fingerprint density at radius 1 is 1.00 bits per heavy atom. The van der Waals surface area contributed by atoms with Gasteiger partial charge in [0.25, 0.3) is 0 Å². The molecule has 2 rings (SSSR count). The van der Waals surface area contributed by atoms with Crippen LogP contribution < -0.4 is 26.0 Å². The van der Waals surface area contributed by atoms with Gasteiger partial charge in [-0.2, -0.15) is 0 Å². The first-order valence-electron chi connectivity index (χ1n) is 10.7. The Morgan fingerprint density at radius 2 is 1.68 bits per heavy atom. The number of methoxy groups -OCH3 is 1. The third-order valence-corrected chi connectivity index (χ3v) is 4.87. The number of rotatable bonds is 9. The summed E-state index contributed by atoms with van der Waals surface area (Å²) in [4.78, 5) is 16.1. The summed E-state index contributed by atoms with van der Waals surface area (Å²) in [6.07, 6.45) is 0.992. The summed E-state index contributed by atoms with van der Waals surface area (Å²) in [6, 6.07) is 15.9. The van der Waals surface area contributed by atoms with Crippen molar-refractivity contribution in [3.63, 3.8) is 0 Å². The number of carbonyl (C=O) groups is 1. The molecule has 0 saturated heterocycles. The van der Waals surface area contributed by atoms with Gasteiger partial charge in [0.15, 0.2) is 5.96 Å². The zero-order valence-corrected chi connectivity index (χ0v) is 19.2. The van der Waals surface area contributed by atoms with Gasteiger partial charge in [0.2, 0.25) is 0 Å². The van der Waals surface area contributed by atoms with Gasteiger partial charge in [-0.25, -0.2) is 4.79 Å². The summed E-state index contributed by atoms with van der Waals surface area (Å²) in [5, 5.41) is 12.3. The zero-order chi connectivity index (χ0) is 22.6. The first-order chi connectivity index (χ1) is 14.9. The lowest BCUT2D eigenvalue weighted by Crippen LogP contribution is -2.37. The Bertz CT molecular complexity index is 832. The van der Waals surface area contributed by atoms with Crippen molar-refractivity contribution in [1.82, 2.24) is 16.0 Å². The SMILES string of the molecule is CN=C(NCCC(C)c1ccc(OC)cc1)NCc1ccc(NC(=O)NC(C)C)cc1. The molecule has 7 heteroatoms. The summed E-state index contributed by atoms with van der Waals surface area (Å²) < 4.78 is 5.22. The smallest absolute Gasteiger partial charge is 0.319 e. The molecule has 168 valence electrons. The van der Waals surface area contributed by atoms with E-state index in [1.54, 1.807) is 14.2 Å². The molecule has 7 nitrogen and oxygen atoms in total. The standard InChI is InChI=1S/C24H35N5O2/c1-17(2)28-24(30)29-21-10-6-19(7-11-21)16-27-23(25-4)26-15-14-18(3)20-8-12-22(31-5)13-9-20/h6-13,17-18H,14-16H2,1-5H3,(H2,25,26,27)(H2,28,29,30). The van der Waals surface area contributed by atoms with Crippen LogP contribution in [0.15, 0.2) is 53.5 Å². The van der Waals surface area contributed by atoms with Gasteiger partial charge in [-0.15, -0.1) is 0 Å². The van der Waals surface area contributed by atoms with E-state index in [1.807, 2.05) is 50.2 Å². The minimum absolute atomic E-state index is 0.0990. The molecule has 2 aromatic carbocycles. The molecule has 0 radical (unpaired) electrons. The maximum atomic E-state index is 11.8. The molecule has 4 N–H and O–H groups in total. The summed E-state index contributed by atoms with van der Waals surface area (Å²) in [7, 11) is 3.45. The number of amides is 2. The largest absolute Gasteiger partial charge is 0.497 e. The number of nitrogens with zero attached hydrogens (tertiary/aromatic N) is 1. The zero-order valence-electron chi connectivity index (χ0n) is 19.2. The quantitative estimate of drug-likeness (QED) is 0.360. The molecule has 2 amide bonds. The fourth-order valence-corrected chi connectivity index (χ4v) is 3.05. The third kappa shape index (κ3) is 8.58. The maximum Gasteiger partial charge on any atom is 0.319 e. The molecule has 31 heavy (non-hydrogen) atoms. The van der Waals surface area contributed by atoms with E-state index in [9.17, 15) is 4.79 Å². The Kier molecular flexibility index (Phi) is 9.68. The molecule has 0 aliphatic rings. The molecule has 0 aliphatic heterocycles. The highest BCUT2D eigenvalue weighted by atomic mass is 16.5. The second-order valence-electron chi connectivity index (χ2n) is 7.77. The van der Waals surface area contributed by atoms with E-state index >= 15 is 0 Å². The Hall–Kier alpha value is -3.22. The van der Waals surface area contributed by atoms with Gasteiger partial charge >= 0.3 is 6.03 Å². The predicted molar refractivity (Wildman–Crippen MR) is 128 cm³/mol. The van der Waals surface area contributed by atoms with Crippen molar-refractivity contribution in [3.05, 3.63) is 59.7 Å². The molecule has 0 bridgehead atoms. The summed E-state index contributed by atoms with van der Waals surface area (Å²) in [5.41, 5.74) is 3.16. The molecule has 0 spiro atoms. The normalized spacial score (nSPS) is 12.3. The molecule has 0 heterocycles. The van der Waals surface area contributed by atoms with E-state index in [0.29, 0.717) is 12.5 Å². The fraction of sp³-hybridized carbons (Fsp3) is 0.417.